The van der Waals surface area contributed by atoms with Crippen LogP contribution in [0.1, 0.15) is 30.2 Å². The number of hydrogen-bond acceptors (Lipinski definition) is 4. The molecule has 1 aromatic rings. The van der Waals surface area contributed by atoms with Crippen LogP contribution in [-0.4, -0.2) is 34.6 Å². The zero-order chi connectivity index (χ0) is 14.5. The van der Waals surface area contributed by atoms with E-state index in [9.17, 15) is 9.59 Å². The molecule has 1 atom stereocenters. The summed E-state index contributed by atoms with van der Waals surface area (Å²) in [5.41, 5.74) is 0.788. The molecule has 1 aliphatic heterocycles. The van der Waals surface area contributed by atoms with Gasteiger partial charge >= 0.3 is 6.03 Å². The number of aliphatic hydroxyl groups excluding tert-OH is 1. The Kier molecular flexibility index (Phi) is 4.77. The topological polar surface area (TPSA) is 69.6 Å². The average Bonchev–Trinajstić information content (AvgIpc) is 2.98. The highest BCUT2D eigenvalue weighted by Crippen LogP contribution is 2.20. The third-order valence-electron chi connectivity index (χ3n) is 2.96. The second-order valence-electron chi connectivity index (χ2n) is 4.48. The Morgan fingerprint density at radius 2 is 2.30 bits per heavy atom. The minimum Gasteiger partial charge on any atom is -0.384 e. The molecule has 1 aromatic heterocycles. The van der Waals surface area contributed by atoms with Crippen LogP contribution in [0.3, 0.4) is 0 Å². The molecule has 0 bridgehead atoms. The predicted molar refractivity (Wildman–Crippen MR) is 76.1 cm³/mol. The molecule has 0 saturated carbocycles. The number of nitrogens with one attached hydrogen (secondary N) is 1. The first-order valence-corrected chi connectivity index (χ1v) is 7.32. The molecule has 2 rings (SSSR count). The van der Waals surface area contributed by atoms with Gasteiger partial charge in [-0.25, -0.2) is 4.79 Å². The molecule has 3 amide bonds. The fourth-order valence-electron chi connectivity index (χ4n) is 2.04. The van der Waals surface area contributed by atoms with E-state index in [1.165, 1.54) is 16.2 Å². The molecule has 1 unspecified atom stereocenters. The van der Waals surface area contributed by atoms with Crippen molar-refractivity contribution >= 4 is 23.3 Å². The van der Waals surface area contributed by atoms with Gasteiger partial charge in [-0.2, -0.15) is 0 Å². The summed E-state index contributed by atoms with van der Waals surface area (Å²) in [6.07, 6.45) is 1.52. The summed E-state index contributed by atoms with van der Waals surface area (Å²) in [6, 6.07) is 1.12. The number of nitrogens with zero attached hydrogens (tertiary/aromatic N) is 1. The lowest BCUT2D eigenvalue weighted by Gasteiger charge is -2.11. The van der Waals surface area contributed by atoms with Gasteiger partial charge in [-0.3, -0.25) is 9.69 Å². The van der Waals surface area contributed by atoms with Crippen LogP contribution in [-0.2, 0) is 11.3 Å². The summed E-state index contributed by atoms with van der Waals surface area (Å²) in [5.74, 6) is 5.20. The van der Waals surface area contributed by atoms with E-state index in [1.807, 2.05) is 18.4 Å². The van der Waals surface area contributed by atoms with E-state index < -0.39 is 0 Å². The Labute approximate surface area is 121 Å². The fourth-order valence-corrected chi connectivity index (χ4v) is 2.84. The molecule has 1 aliphatic rings. The number of carbonyl (C=O) groups is 2. The molecule has 0 spiro atoms. The Balaban J connectivity index is 2.04. The van der Waals surface area contributed by atoms with E-state index in [4.69, 9.17) is 5.11 Å². The lowest BCUT2D eigenvalue weighted by molar-refractivity contribution is -0.127. The minimum atomic E-state index is -0.388. The van der Waals surface area contributed by atoms with E-state index in [-0.39, 0.29) is 31.1 Å². The Morgan fingerprint density at radius 3 is 3.00 bits per heavy atom. The van der Waals surface area contributed by atoms with Crippen molar-refractivity contribution in [1.29, 1.82) is 0 Å². The maximum Gasteiger partial charge on any atom is 0.325 e. The van der Waals surface area contributed by atoms with Crippen molar-refractivity contribution < 1.29 is 14.7 Å². The van der Waals surface area contributed by atoms with Gasteiger partial charge in [-0.1, -0.05) is 25.2 Å². The molecule has 6 heteroatoms. The van der Waals surface area contributed by atoms with Crippen molar-refractivity contribution in [3.63, 3.8) is 0 Å². The summed E-state index contributed by atoms with van der Waals surface area (Å²) in [7, 11) is 0. The average molecular weight is 292 g/mol. The number of urea groups is 1. The molecule has 5 nitrogen and oxygen atoms in total. The number of rotatable bonds is 4. The monoisotopic (exact) mass is 292 g/mol. The van der Waals surface area contributed by atoms with Crippen LogP contribution in [0.5, 0.6) is 0 Å². The number of amides is 3. The van der Waals surface area contributed by atoms with Gasteiger partial charge in [0.25, 0.3) is 5.91 Å². The zero-order valence-corrected chi connectivity index (χ0v) is 12.0. The number of carbonyl (C=O) groups excluding carboxylic acids is 2. The van der Waals surface area contributed by atoms with E-state index in [0.717, 1.165) is 16.9 Å². The Bertz CT molecular complexity index is 570. The van der Waals surface area contributed by atoms with Crippen LogP contribution in [0, 0.1) is 11.8 Å². The van der Waals surface area contributed by atoms with E-state index in [1.54, 1.807) is 0 Å². The summed E-state index contributed by atoms with van der Waals surface area (Å²) >= 11 is 1.45. The molecule has 20 heavy (non-hydrogen) atoms. The van der Waals surface area contributed by atoms with Crippen molar-refractivity contribution in [2.24, 2.45) is 0 Å². The molecular weight excluding hydrogens is 276 g/mol. The number of hydrogen-bond donors (Lipinski definition) is 2. The third-order valence-corrected chi connectivity index (χ3v) is 3.89. The maximum absolute atomic E-state index is 12.1. The van der Waals surface area contributed by atoms with Crippen LogP contribution in [0.2, 0.25) is 0 Å². The lowest BCUT2D eigenvalue weighted by Crippen LogP contribution is -2.30. The number of aliphatic hydroxyl groups is 1. The summed E-state index contributed by atoms with van der Waals surface area (Å²) in [6.45, 7) is 2.07. The molecular formula is C14H16N2O3S. The first-order chi connectivity index (χ1) is 9.65. The predicted octanol–water partition coefficient (Wildman–Crippen LogP) is 1.31. The van der Waals surface area contributed by atoms with Crippen LogP contribution in [0.4, 0.5) is 4.79 Å². The number of thiophene rings is 1. The van der Waals surface area contributed by atoms with Crippen molar-refractivity contribution in [2.45, 2.75) is 32.4 Å². The Morgan fingerprint density at radius 1 is 1.50 bits per heavy atom. The van der Waals surface area contributed by atoms with Crippen LogP contribution in [0.25, 0.3) is 0 Å². The molecule has 0 aliphatic carbocycles. The van der Waals surface area contributed by atoms with Gasteiger partial charge in [-0.05, 0) is 12.5 Å². The smallest absolute Gasteiger partial charge is 0.325 e. The number of imide groups is 1. The van der Waals surface area contributed by atoms with Crippen LogP contribution >= 0.6 is 11.3 Å². The second-order valence-corrected chi connectivity index (χ2v) is 5.47. The van der Waals surface area contributed by atoms with Crippen LogP contribution in [0.15, 0.2) is 11.4 Å². The van der Waals surface area contributed by atoms with E-state index >= 15 is 0 Å². The molecule has 106 valence electrons. The van der Waals surface area contributed by atoms with Gasteiger partial charge in [0.05, 0.1) is 6.54 Å². The van der Waals surface area contributed by atoms with Crippen molar-refractivity contribution in [3.05, 3.63) is 21.9 Å². The maximum atomic E-state index is 12.1. The van der Waals surface area contributed by atoms with Gasteiger partial charge in [0, 0.05) is 15.8 Å². The molecule has 0 radical (unpaired) electrons. The molecule has 1 saturated heterocycles. The molecule has 0 aromatic carbocycles. The normalized spacial score (nSPS) is 17.9. The summed E-state index contributed by atoms with van der Waals surface area (Å²) in [5, 5.41) is 13.2. The highest BCUT2D eigenvalue weighted by molar-refractivity contribution is 7.10. The van der Waals surface area contributed by atoms with Gasteiger partial charge in [0.2, 0.25) is 0 Å². The zero-order valence-electron chi connectivity index (χ0n) is 11.2. The second kappa shape index (κ2) is 6.55. The van der Waals surface area contributed by atoms with Crippen molar-refractivity contribution in [3.8, 4) is 11.8 Å². The standard InChI is InChI=1S/C14H16N2O3S/c1-2-4-12-13(18)16(14(19)15-12)8-11-7-10(9-20-11)5-3-6-17/h7,9,12,17H,2,4,6,8H2,1H3,(H,15,19). The largest absolute Gasteiger partial charge is 0.384 e. The van der Waals surface area contributed by atoms with Crippen molar-refractivity contribution in [1.82, 2.24) is 10.2 Å². The van der Waals surface area contributed by atoms with Gasteiger partial charge in [0.15, 0.2) is 0 Å². The van der Waals surface area contributed by atoms with Gasteiger partial charge in [0.1, 0.15) is 12.6 Å². The first kappa shape index (κ1) is 14.6. The Hall–Kier alpha value is -1.84. The molecule has 2 heterocycles. The molecule has 1 fully saturated rings. The van der Waals surface area contributed by atoms with E-state index in [0.29, 0.717) is 6.42 Å². The first-order valence-electron chi connectivity index (χ1n) is 6.44. The van der Waals surface area contributed by atoms with E-state index in [2.05, 4.69) is 17.2 Å². The highest BCUT2D eigenvalue weighted by atomic mass is 32.1. The fraction of sp³-hybridized carbons (Fsp3) is 0.429. The lowest BCUT2D eigenvalue weighted by atomic mass is 10.2. The van der Waals surface area contributed by atoms with Crippen LogP contribution < -0.4 is 5.32 Å². The highest BCUT2D eigenvalue weighted by Gasteiger charge is 2.37. The quantitative estimate of drug-likeness (QED) is 0.649. The summed E-state index contributed by atoms with van der Waals surface area (Å²) in [4.78, 5) is 26.0. The van der Waals surface area contributed by atoms with Gasteiger partial charge in [-0.15, -0.1) is 11.3 Å². The van der Waals surface area contributed by atoms with Gasteiger partial charge < -0.3 is 10.4 Å². The SMILES string of the molecule is CCCC1NC(=O)N(Cc2cc(C#CCO)cs2)C1=O. The molecule has 2 N–H and O–H groups in total. The minimum absolute atomic E-state index is 0.159. The third kappa shape index (κ3) is 3.18. The van der Waals surface area contributed by atoms with Crippen molar-refractivity contribution in [2.75, 3.05) is 6.61 Å². The summed E-state index contributed by atoms with van der Waals surface area (Å²) < 4.78 is 0.